The Morgan fingerprint density at radius 3 is 2.56 bits per heavy atom. The van der Waals surface area contributed by atoms with Crippen LogP contribution in [0.3, 0.4) is 0 Å². The summed E-state index contributed by atoms with van der Waals surface area (Å²) in [6, 6.07) is 2.05. The maximum atomic E-state index is 12.2. The SMILES string of the molecule is COC(=O)c1cc2c(nc1C)C1(C)CCC3C(CC=C4CC(OC(C)=O)CCC43C)C1C2. The fourth-order valence-electron chi connectivity index (χ4n) is 7.80. The molecular weight excluding hydrogens is 402 g/mol. The second-order valence-electron chi connectivity index (χ2n) is 11.0. The third-order valence-corrected chi connectivity index (χ3v) is 9.46. The van der Waals surface area contributed by atoms with Gasteiger partial charge in [0.2, 0.25) is 0 Å². The third-order valence-electron chi connectivity index (χ3n) is 9.46. The van der Waals surface area contributed by atoms with E-state index in [1.165, 1.54) is 37.3 Å². The monoisotopic (exact) mass is 437 g/mol. The molecule has 4 aliphatic rings. The molecule has 4 aliphatic carbocycles. The van der Waals surface area contributed by atoms with Crippen LogP contribution in [0.2, 0.25) is 0 Å². The highest BCUT2D eigenvalue weighted by Gasteiger charge is 2.58. The first kappa shape index (κ1) is 21.7. The molecule has 0 saturated heterocycles. The summed E-state index contributed by atoms with van der Waals surface area (Å²) >= 11 is 0. The number of carbonyl (C=O) groups excluding carboxylic acids is 2. The van der Waals surface area contributed by atoms with Gasteiger partial charge in [0.25, 0.3) is 0 Å². The Labute approximate surface area is 191 Å². The number of methoxy groups -OCH3 is 1. The third kappa shape index (κ3) is 3.07. The van der Waals surface area contributed by atoms with Gasteiger partial charge in [0, 0.05) is 18.8 Å². The van der Waals surface area contributed by atoms with Crippen molar-refractivity contribution >= 4 is 11.9 Å². The molecule has 2 saturated carbocycles. The van der Waals surface area contributed by atoms with E-state index in [1.807, 2.05) is 6.92 Å². The molecule has 5 nitrogen and oxygen atoms in total. The maximum absolute atomic E-state index is 12.2. The molecule has 32 heavy (non-hydrogen) atoms. The van der Waals surface area contributed by atoms with Crippen LogP contribution in [0.1, 0.15) is 86.6 Å². The normalized spacial score (nSPS) is 37.3. The van der Waals surface area contributed by atoms with Crippen LogP contribution in [-0.4, -0.2) is 30.1 Å². The fourth-order valence-corrected chi connectivity index (χ4v) is 7.80. The molecule has 0 bridgehead atoms. The zero-order valence-corrected chi connectivity index (χ0v) is 20.0. The molecule has 1 aromatic heterocycles. The van der Waals surface area contributed by atoms with Crippen LogP contribution in [0.15, 0.2) is 17.7 Å². The standard InChI is InChI=1S/C27H35NO4/c1-15-21(25(30)31-5)12-17-13-23-20-7-6-18-14-19(32-16(2)29)8-10-26(18,3)22(20)9-11-27(23,4)24(17)28-15/h6,12,19-20,22-23H,7-11,13-14H2,1-5H3. The van der Waals surface area contributed by atoms with Crippen LogP contribution in [0.5, 0.6) is 0 Å². The van der Waals surface area contributed by atoms with E-state index < -0.39 is 0 Å². The Hall–Kier alpha value is -2.17. The molecule has 0 spiro atoms. The summed E-state index contributed by atoms with van der Waals surface area (Å²) in [5.74, 6) is 1.38. The van der Waals surface area contributed by atoms with Crippen molar-refractivity contribution in [3.63, 3.8) is 0 Å². The number of carbonyl (C=O) groups is 2. The van der Waals surface area contributed by atoms with E-state index >= 15 is 0 Å². The van der Waals surface area contributed by atoms with Crippen molar-refractivity contribution in [1.82, 2.24) is 4.98 Å². The van der Waals surface area contributed by atoms with Gasteiger partial charge in [-0.1, -0.05) is 25.5 Å². The van der Waals surface area contributed by atoms with Crippen LogP contribution in [0.4, 0.5) is 0 Å². The number of aryl methyl sites for hydroxylation is 1. The predicted octanol–water partition coefficient (Wildman–Crippen LogP) is 5.08. The highest BCUT2D eigenvalue weighted by molar-refractivity contribution is 5.90. The molecule has 1 heterocycles. The first-order chi connectivity index (χ1) is 15.2. The summed E-state index contributed by atoms with van der Waals surface area (Å²) < 4.78 is 10.6. The average molecular weight is 438 g/mol. The van der Waals surface area contributed by atoms with Crippen molar-refractivity contribution in [1.29, 1.82) is 0 Å². The van der Waals surface area contributed by atoms with Gasteiger partial charge in [-0.05, 0) is 80.2 Å². The molecule has 5 rings (SSSR count). The maximum Gasteiger partial charge on any atom is 0.339 e. The fraction of sp³-hybridized carbons (Fsp3) is 0.667. The number of hydrogen-bond donors (Lipinski definition) is 0. The van der Waals surface area contributed by atoms with Crippen LogP contribution < -0.4 is 0 Å². The molecule has 0 aliphatic heterocycles. The molecule has 6 atom stereocenters. The summed E-state index contributed by atoms with van der Waals surface area (Å²) in [5.41, 5.74) is 5.63. The van der Waals surface area contributed by atoms with Gasteiger partial charge in [-0.3, -0.25) is 9.78 Å². The van der Waals surface area contributed by atoms with Crippen LogP contribution in [-0.2, 0) is 26.1 Å². The molecule has 0 N–H and O–H groups in total. The Morgan fingerprint density at radius 1 is 1.09 bits per heavy atom. The van der Waals surface area contributed by atoms with Crippen molar-refractivity contribution < 1.29 is 19.1 Å². The minimum absolute atomic E-state index is 0.0388. The first-order valence-electron chi connectivity index (χ1n) is 12.1. The number of esters is 2. The van der Waals surface area contributed by atoms with E-state index in [0.717, 1.165) is 44.2 Å². The van der Waals surface area contributed by atoms with Crippen molar-refractivity contribution in [2.75, 3.05) is 7.11 Å². The second-order valence-corrected chi connectivity index (χ2v) is 11.0. The van der Waals surface area contributed by atoms with Gasteiger partial charge >= 0.3 is 11.9 Å². The predicted molar refractivity (Wildman–Crippen MR) is 121 cm³/mol. The summed E-state index contributed by atoms with van der Waals surface area (Å²) in [5, 5.41) is 0. The Bertz CT molecular complexity index is 1010. The lowest BCUT2D eigenvalue weighted by Crippen LogP contribution is -2.51. The number of pyridine rings is 1. The van der Waals surface area contributed by atoms with Crippen molar-refractivity contribution in [2.24, 2.45) is 23.2 Å². The smallest absolute Gasteiger partial charge is 0.339 e. The molecule has 6 unspecified atom stereocenters. The second kappa shape index (κ2) is 7.43. The highest BCUT2D eigenvalue weighted by atomic mass is 16.5. The zero-order chi connectivity index (χ0) is 22.8. The summed E-state index contributed by atoms with van der Waals surface area (Å²) in [7, 11) is 1.43. The summed E-state index contributed by atoms with van der Waals surface area (Å²) in [4.78, 5) is 28.7. The molecule has 5 heteroatoms. The lowest BCUT2D eigenvalue weighted by molar-refractivity contribution is -0.148. The topological polar surface area (TPSA) is 65.5 Å². The van der Waals surface area contributed by atoms with Crippen molar-refractivity contribution in [2.45, 2.75) is 84.2 Å². The zero-order valence-electron chi connectivity index (χ0n) is 20.0. The number of fused-ring (bicyclic) bond motifs is 7. The van der Waals surface area contributed by atoms with E-state index in [4.69, 9.17) is 14.5 Å². The van der Waals surface area contributed by atoms with Gasteiger partial charge in [0.1, 0.15) is 6.10 Å². The Morgan fingerprint density at radius 2 is 1.84 bits per heavy atom. The molecule has 0 radical (unpaired) electrons. The summed E-state index contributed by atoms with van der Waals surface area (Å²) in [6.07, 6.45) is 9.92. The van der Waals surface area contributed by atoms with Gasteiger partial charge in [-0.15, -0.1) is 0 Å². The largest absolute Gasteiger partial charge is 0.465 e. The van der Waals surface area contributed by atoms with Crippen LogP contribution >= 0.6 is 0 Å². The number of ether oxygens (including phenoxy) is 2. The molecule has 0 amide bonds. The van der Waals surface area contributed by atoms with Gasteiger partial charge in [0.05, 0.1) is 24.1 Å². The summed E-state index contributed by atoms with van der Waals surface area (Å²) in [6.45, 7) is 8.30. The van der Waals surface area contributed by atoms with Crippen LogP contribution in [0.25, 0.3) is 0 Å². The molecule has 1 aromatic rings. The van der Waals surface area contributed by atoms with Gasteiger partial charge in [-0.2, -0.15) is 0 Å². The van der Waals surface area contributed by atoms with E-state index in [9.17, 15) is 9.59 Å². The number of aromatic nitrogens is 1. The minimum atomic E-state index is -0.294. The molecule has 2 fully saturated rings. The average Bonchev–Trinajstić information content (AvgIpc) is 3.04. The Kier molecular flexibility index (Phi) is 5.03. The van der Waals surface area contributed by atoms with E-state index in [0.29, 0.717) is 23.3 Å². The molecule has 0 aromatic carbocycles. The van der Waals surface area contributed by atoms with E-state index in [2.05, 4.69) is 26.0 Å². The number of nitrogens with zero attached hydrogens (tertiary/aromatic N) is 1. The van der Waals surface area contributed by atoms with Crippen molar-refractivity contribution in [3.05, 3.63) is 40.2 Å². The number of hydrogen-bond acceptors (Lipinski definition) is 5. The van der Waals surface area contributed by atoms with Gasteiger partial charge in [-0.25, -0.2) is 4.79 Å². The first-order valence-corrected chi connectivity index (χ1v) is 12.1. The number of allylic oxidation sites excluding steroid dienone is 1. The van der Waals surface area contributed by atoms with Gasteiger partial charge < -0.3 is 9.47 Å². The van der Waals surface area contributed by atoms with E-state index in [-0.39, 0.29) is 28.9 Å². The molecular formula is C27H35NO4. The van der Waals surface area contributed by atoms with Crippen molar-refractivity contribution in [3.8, 4) is 0 Å². The minimum Gasteiger partial charge on any atom is -0.465 e. The lowest BCUT2D eigenvalue weighted by atomic mass is 9.48. The van der Waals surface area contributed by atoms with Gasteiger partial charge in [0.15, 0.2) is 0 Å². The molecule has 172 valence electrons. The van der Waals surface area contributed by atoms with Crippen LogP contribution in [0, 0.1) is 30.1 Å². The van der Waals surface area contributed by atoms with E-state index in [1.54, 1.807) is 0 Å². The number of rotatable bonds is 2. The lowest BCUT2D eigenvalue weighted by Gasteiger charge is -2.57. The highest BCUT2D eigenvalue weighted by Crippen LogP contribution is 2.64. The quantitative estimate of drug-likeness (QED) is 0.477. The Balaban J connectivity index is 1.46.